The van der Waals surface area contributed by atoms with E-state index in [1.165, 1.54) is 6.42 Å². The van der Waals surface area contributed by atoms with Crippen molar-refractivity contribution >= 4 is 29.2 Å². The summed E-state index contributed by atoms with van der Waals surface area (Å²) in [5, 5.41) is 16.5. The Hall–Kier alpha value is -2.59. The molecule has 0 bridgehead atoms. The normalized spacial score (nSPS) is 22.7. The van der Waals surface area contributed by atoms with Crippen molar-refractivity contribution in [3.8, 4) is 6.19 Å². The number of halogens is 1. The van der Waals surface area contributed by atoms with Crippen molar-refractivity contribution in [2.75, 3.05) is 26.2 Å². The van der Waals surface area contributed by atoms with Crippen molar-refractivity contribution in [2.45, 2.75) is 38.6 Å². The average molecular weight is 413 g/mol. The van der Waals surface area contributed by atoms with Crippen LogP contribution in [0.15, 0.2) is 34.4 Å². The molecule has 3 aliphatic rings. The number of guanidine groups is 1. The number of hydrazone groups is 1. The third kappa shape index (κ3) is 3.95. The Morgan fingerprint density at radius 2 is 2.07 bits per heavy atom. The number of amides is 1. The summed E-state index contributed by atoms with van der Waals surface area (Å²) in [6.45, 7) is 5.22. The Morgan fingerprint density at radius 3 is 2.69 bits per heavy atom. The van der Waals surface area contributed by atoms with Gasteiger partial charge in [-0.15, -0.1) is 4.99 Å². The summed E-state index contributed by atoms with van der Waals surface area (Å²) >= 11 is 6.06. The summed E-state index contributed by atoms with van der Waals surface area (Å²) in [5.41, 5.74) is 1.76. The van der Waals surface area contributed by atoms with Crippen molar-refractivity contribution in [1.29, 1.82) is 5.26 Å². The fraction of sp³-hybridized carbons (Fsp3) is 0.524. The van der Waals surface area contributed by atoms with Crippen molar-refractivity contribution in [1.82, 2.24) is 14.8 Å². The number of hydrogen-bond donors (Lipinski definition) is 0. The second-order valence-corrected chi connectivity index (χ2v) is 8.29. The van der Waals surface area contributed by atoms with Gasteiger partial charge in [-0.1, -0.05) is 37.1 Å². The Kier molecular flexibility index (Phi) is 5.72. The molecule has 1 amide bonds. The molecule has 4 rings (SSSR count). The Bertz CT molecular complexity index is 868. The SMILES string of the molecule is CCCC1CN(C(=NC#N)N2CC(N3CCCC3=O)C(c3ccc(Cl)cc3)=N2)C1. The first-order chi connectivity index (χ1) is 14.1. The van der Waals surface area contributed by atoms with Crippen molar-refractivity contribution in [3.05, 3.63) is 34.9 Å². The molecular weight excluding hydrogens is 388 g/mol. The van der Waals surface area contributed by atoms with Gasteiger partial charge < -0.3 is 9.80 Å². The molecule has 0 N–H and O–H groups in total. The van der Waals surface area contributed by atoms with Gasteiger partial charge in [0.2, 0.25) is 18.1 Å². The number of carbonyl (C=O) groups excluding carboxylic acids is 1. The summed E-state index contributed by atoms with van der Waals surface area (Å²) in [6.07, 6.45) is 5.72. The molecule has 3 heterocycles. The zero-order chi connectivity index (χ0) is 20.4. The largest absolute Gasteiger partial charge is 0.340 e. The molecular formula is C21H25ClN6O. The van der Waals surface area contributed by atoms with Crippen LogP contribution in [-0.2, 0) is 4.79 Å². The number of rotatable bonds is 4. The highest BCUT2D eigenvalue weighted by molar-refractivity contribution is 6.30. The van der Waals surface area contributed by atoms with Gasteiger partial charge in [0, 0.05) is 36.6 Å². The molecule has 7 nitrogen and oxygen atoms in total. The predicted octanol–water partition coefficient (Wildman–Crippen LogP) is 2.92. The molecule has 152 valence electrons. The van der Waals surface area contributed by atoms with Gasteiger partial charge >= 0.3 is 0 Å². The molecule has 2 saturated heterocycles. The molecule has 0 radical (unpaired) electrons. The lowest BCUT2D eigenvalue weighted by atomic mass is 9.95. The van der Waals surface area contributed by atoms with E-state index in [0.717, 1.165) is 43.8 Å². The minimum Gasteiger partial charge on any atom is -0.340 e. The maximum absolute atomic E-state index is 12.4. The van der Waals surface area contributed by atoms with Crippen molar-refractivity contribution < 1.29 is 4.79 Å². The topological polar surface area (TPSA) is 75.3 Å². The molecule has 0 aliphatic carbocycles. The first-order valence-electron chi connectivity index (χ1n) is 10.2. The molecule has 0 saturated carbocycles. The van der Waals surface area contributed by atoms with Crippen LogP contribution in [0, 0.1) is 17.4 Å². The number of likely N-dealkylation sites (tertiary alicyclic amines) is 2. The van der Waals surface area contributed by atoms with E-state index in [-0.39, 0.29) is 11.9 Å². The summed E-state index contributed by atoms with van der Waals surface area (Å²) in [5.74, 6) is 1.38. The van der Waals surface area contributed by atoms with E-state index in [1.807, 2.05) is 35.4 Å². The minimum atomic E-state index is -0.150. The molecule has 0 spiro atoms. The van der Waals surface area contributed by atoms with Crippen LogP contribution in [0.4, 0.5) is 0 Å². The van der Waals surface area contributed by atoms with Gasteiger partial charge in [-0.05, 0) is 30.9 Å². The third-order valence-electron chi connectivity index (χ3n) is 5.83. The van der Waals surface area contributed by atoms with Gasteiger partial charge in [-0.3, -0.25) is 4.79 Å². The molecule has 2 fully saturated rings. The van der Waals surface area contributed by atoms with Crippen LogP contribution in [0.2, 0.25) is 5.02 Å². The van der Waals surface area contributed by atoms with Crippen molar-refractivity contribution in [2.24, 2.45) is 16.0 Å². The fourth-order valence-electron chi connectivity index (χ4n) is 4.39. The maximum atomic E-state index is 12.4. The maximum Gasteiger partial charge on any atom is 0.233 e. The van der Waals surface area contributed by atoms with Gasteiger partial charge in [-0.2, -0.15) is 10.4 Å². The van der Waals surface area contributed by atoms with Gasteiger partial charge in [0.1, 0.15) is 0 Å². The van der Waals surface area contributed by atoms with Crippen LogP contribution < -0.4 is 0 Å². The first-order valence-corrected chi connectivity index (χ1v) is 10.6. The molecule has 0 aromatic heterocycles. The van der Waals surface area contributed by atoms with Gasteiger partial charge in [0.05, 0.1) is 18.3 Å². The average Bonchev–Trinajstić information content (AvgIpc) is 3.29. The molecule has 1 aromatic carbocycles. The Morgan fingerprint density at radius 1 is 1.31 bits per heavy atom. The number of benzene rings is 1. The summed E-state index contributed by atoms with van der Waals surface area (Å²) < 4.78 is 0. The lowest BCUT2D eigenvalue weighted by Gasteiger charge is -2.42. The Labute approximate surface area is 176 Å². The van der Waals surface area contributed by atoms with Crippen LogP contribution in [0.25, 0.3) is 0 Å². The first kappa shape index (κ1) is 19.7. The molecule has 1 atom stereocenters. The second kappa shape index (κ2) is 8.42. The molecule has 29 heavy (non-hydrogen) atoms. The monoisotopic (exact) mass is 412 g/mol. The van der Waals surface area contributed by atoms with Crippen LogP contribution in [0.3, 0.4) is 0 Å². The number of carbonyl (C=O) groups is 1. The van der Waals surface area contributed by atoms with E-state index in [4.69, 9.17) is 16.7 Å². The zero-order valence-electron chi connectivity index (χ0n) is 16.6. The van der Waals surface area contributed by atoms with E-state index >= 15 is 0 Å². The standard InChI is InChI=1S/C21H25ClN6O/c1-2-4-15-11-26(12-15)21(24-14-23)28-13-18(27-10-3-5-19(27)29)20(25-28)16-6-8-17(22)9-7-16/h6-9,15,18H,2-5,10-13H2,1H3. The van der Waals surface area contributed by atoms with E-state index in [2.05, 4.69) is 16.8 Å². The molecule has 8 heteroatoms. The summed E-state index contributed by atoms with van der Waals surface area (Å²) in [4.78, 5) is 20.6. The highest BCUT2D eigenvalue weighted by Gasteiger charge is 2.41. The van der Waals surface area contributed by atoms with Crippen LogP contribution in [-0.4, -0.2) is 64.6 Å². The quantitative estimate of drug-likeness (QED) is 0.433. The zero-order valence-corrected chi connectivity index (χ0v) is 17.3. The van der Waals surface area contributed by atoms with E-state index < -0.39 is 0 Å². The van der Waals surface area contributed by atoms with Crippen molar-refractivity contribution in [3.63, 3.8) is 0 Å². The Balaban J connectivity index is 1.61. The second-order valence-electron chi connectivity index (χ2n) is 7.85. The van der Waals surface area contributed by atoms with Gasteiger partial charge in [0.15, 0.2) is 0 Å². The van der Waals surface area contributed by atoms with Crippen LogP contribution in [0.1, 0.15) is 38.2 Å². The number of hydrogen-bond acceptors (Lipinski definition) is 4. The number of nitriles is 1. The summed E-state index contributed by atoms with van der Waals surface area (Å²) in [6, 6.07) is 7.38. The smallest absolute Gasteiger partial charge is 0.233 e. The van der Waals surface area contributed by atoms with E-state index in [9.17, 15) is 10.1 Å². The lowest BCUT2D eigenvalue weighted by Crippen LogP contribution is -2.55. The minimum absolute atomic E-state index is 0.150. The highest BCUT2D eigenvalue weighted by Crippen LogP contribution is 2.28. The molecule has 1 aromatic rings. The fourth-order valence-corrected chi connectivity index (χ4v) is 4.52. The number of aliphatic imine (C=N–C) groups is 1. The van der Waals surface area contributed by atoms with Gasteiger partial charge in [0.25, 0.3) is 0 Å². The van der Waals surface area contributed by atoms with E-state index in [0.29, 0.717) is 29.9 Å². The van der Waals surface area contributed by atoms with Crippen LogP contribution >= 0.6 is 11.6 Å². The predicted molar refractivity (Wildman–Crippen MR) is 112 cm³/mol. The highest BCUT2D eigenvalue weighted by atomic mass is 35.5. The summed E-state index contributed by atoms with van der Waals surface area (Å²) in [7, 11) is 0. The molecule has 3 aliphatic heterocycles. The number of nitrogens with zero attached hydrogens (tertiary/aromatic N) is 6. The van der Waals surface area contributed by atoms with Gasteiger partial charge in [-0.25, -0.2) is 5.01 Å². The van der Waals surface area contributed by atoms with Crippen LogP contribution in [0.5, 0.6) is 0 Å². The van der Waals surface area contributed by atoms with E-state index in [1.54, 1.807) is 5.01 Å². The molecule has 1 unspecified atom stereocenters. The lowest BCUT2D eigenvalue weighted by molar-refractivity contribution is -0.128. The third-order valence-corrected chi connectivity index (χ3v) is 6.09.